The number of carboxylic acids is 2. The summed E-state index contributed by atoms with van der Waals surface area (Å²) in [5.74, 6) is -1.92. The van der Waals surface area contributed by atoms with Crippen LogP contribution in [0.1, 0.15) is 70.6 Å². The van der Waals surface area contributed by atoms with E-state index in [4.69, 9.17) is 19.7 Å². The number of hydrogen-bond acceptors (Lipinski definition) is 6. The maximum absolute atomic E-state index is 10.8. The van der Waals surface area contributed by atoms with Gasteiger partial charge >= 0.3 is 23.9 Å². The van der Waals surface area contributed by atoms with Crippen LogP contribution in [0.3, 0.4) is 0 Å². The second-order valence-corrected chi connectivity index (χ2v) is 5.70. The Morgan fingerprint density at radius 2 is 1.08 bits per heavy atom. The molecule has 2 N–H and O–H groups in total. The second kappa shape index (κ2) is 15.4. The second-order valence-electron chi connectivity index (χ2n) is 5.70. The van der Waals surface area contributed by atoms with Crippen LogP contribution in [0.4, 0.5) is 0 Å². The van der Waals surface area contributed by atoms with Gasteiger partial charge < -0.3 is 19.7 Å². The number of ether oxygens (including phenoxy) is 2. The molecule has 1 saturated heterocycles. The zero-order valence-electron chi connectivity index (χ0n) is 14.5. The third-order valence-corrected chi connectivity index (χ3v) is 3.40. The minimum absolute atomic E-state index is 0.185. The summed E-state index contributed by atoms with van der Waals surface area (Å²) in [4.78, 5) is 41.8. The lowest BCUT2D eigenvalue weighted by molar-refractivity contribution is -0.153. The predicted octanol–water partition coefficient (Wildman–Crippen LogP) is 2.53. The lowest BCUT2D eigenvalue weighted by Crippen LogP contribution is -2.15. The molecule has 0 saturated carbocycles. The fourth-order valence-corrected chi connectivity index (χ4v) is 2.08. The summed E-state index contributed by atoms with van der Waals surface area (Å²) < 4.78 is 9.50. The Bertz CT molecular complexity index is 365. The quantitative estimate of drug-likeness (QED) is 0.499. The molecular formula is C17H28O8. The molecule has 1 rings (SSSR count). The van der Waals surface area contributed by atoms with Crippen molar-refractivity contribution in [2.75, 3.05) is 13.2 Å². The van der Waals surface area contributed by atoms with E-state index in [9.17, 15) is 19.2 Å². The molecule has 0 atom stereocenters. The van der Waals surface area contributed by atoms with Gasteiger partial charge in [0.2, 0.25) is 0 Å². The number of rotatable bonds is 8. The normalized spacial score (nSPS) is 15.2. The average Bonchev–Trinajstić information content (AvgIpc) is 2.55. The number of aliphatic carboxylic acids is 2. The van der Waals surface area contributed by atoms with Gasteiger partial charge in [0.25, 0.3) is 0 Å². The molecule has 1 fully saturated rings. The van der Waals surface area contributed by atoms with E-state index in [0.717, 1.165) is 19.3 Å². The number of unbranched alkanes of at least 4 members (excludes halogenated alkanes) is 4. The first-order valence-corrected chi connectivity index (χ1v) is 8.66. The van der Waals surface area contributed by atoms with Crippen molar-refractivity contribution in [2.24, 2.45) is 0 Å². The van der Waals surface area contributed by atoms with Crippen molar-refractivity contribution < 1.29 is 38.9 Å². The molecule has 1 heterocycles. The van der Waals surface area contributed by atoms with E-state index in [0.29, 0.717) is 38.5 Å². The van der Waals surface area contributed by atoms with Gasteiger partial charge in [0.1, 0.15) is 13.2 Å². The van der Waals surface area contributed by atoms with Gasteiger partial charge in [0.15, 0.2) is 0 Å². The fourth-order valence-electron chi connectivity index (χ4n) is 2.08. The first kappa shape index (κ1) is 22.9. The molecule has 0 radical (unpaired) electrons. The van der Waals surface area contributed by atoms with Gasteiger partial charge in [0.05, 0.1) is 0 Å². The molecular weight excluding hydrogens is 332 g/mol. The van der Waals surface area contributed by atoms with E-state index in [1.807, 2.05) is 0 Å². The number of esters is 2. The summed E-state index contributed by atoms with van der Waals surface area (Å²) >= 11 is 0. The smallest absolute Gasteiger partial charge is 0.305 e. The van der Waals surface area contributed by atoms with Crippen LogP contribution in [0.2, 0.25) is 0 Å². The maximum Gasteiger partial charge on any atom is 0.305 e. The Morgan fingerprint density at radius 1 is 0.720 bits per heavy atom. The number of carboxylic acid groups (broad SMARTS) is 2. The molecule has 0 aliphatic carbocycles. The highest BCUT2D eigenvalue weighted by Gasteiger charge is 2.08. The standard InChI is InChI=1S/C9H16O4.C8H12O4/c10-8(11)6-4-2-1-3-5-7-9(12)13;9-7-3-1-2-4-8(10)12-6-5-11-7/h1-7H2,(H,10,11)(H,12,13);1-6H2. The molecule has 1 aliphatic heterocycles. The van der Waals surface area contributed by atoms with Crippen molar-refractivity contribution in [3.05, 3.63) is 0 Å². The van der Waals surface area contributed by atoms with Gasteiger partial charge in [-0.2, -0.15) is 0 Å². The molecule has 25 heavy (non-hydrogen) atoms. The van der Waals surface area contributed by atoms with E-state index < -0.39 is 11.9 Å². The van der Waals surface area contributed by atoms with Crippen LogP contribution in [0, 0.1) is 0 Å². The van der Waals surface area contributed by atoms with Gasteiger partial charge in [-0.25, -0.2) is 0 Å². The van der Waals surface area contributed by atoms with Crippen LogP contribution in [0.15, 0.2) is 0 Å². The number of carbonyl (C=O) groups excluding carboxylic acids is 2. The highest BCUT2D eigenvalue weighted by Crippen LogP contribution is 2.07. The summed E-state index contributed by atoms with van der Waals surface area (Å²) in [6.45, 7) is 0.370. The lowest BCUT2D eigenvalue weighted by atomic mass is 10.1. The van der Waals surface area contributed by atoms with Gasteiger partial charge in [0, 0.05) is 25.7 Å². The summed E-state index contributed by atoms with van der Waals surface area (Å²) in [6.07, 6.45) is 6.75. The summed E-state index contributed by atoms with van der Waals surface area (Å²) in [5, 5.41) is 16.6. The van der Waals surface area contributed by atoms with Crippen molar-refractivity contribution in [2.45, 2.75) is 70.6 Å². The zero-order chi connectivity index (χ0) is 18.9. The van der Waals surface area contributed by atoms with Crippen molar-refractivity contribution in [3.8, 4) is 0 Å². The van der Waals surface area contributed by atoms with Crippen LogP contribution in [-0.4, -0.2) is 47.3 Å². The lowest BCUT2D eigenvalue weighted by Gasteiger charge is -2.08. The summed E-state index contributed by atoms with van der Waals surface area (Å²) in [5.41, 5.74) is 0. The molecule has 1 aliphatic rings. The fraction of sp³-hybridized carbons (Fsp3) is 0.765. The highest BCUT2D eigenvalue weighted by atomic mass is 16.6. The number of hydrogen-bond donors (Lipinski definition) is 2. The largest absolute Gasteiger partial charge is 0.481 e. The van der Waals surface area contributed by atoms with Crippen LogP contribution >= 0.6 is 0 Å². The van der Waals surface area contributed by atoms with Gasteiger partial charge in [-0.3, -0.25) is 19.2 Å². The van der Waals surface area contributed by atoms with Crippen LogP contribution in [0.25, 0.3) is 0 Å². The van der Waals surface area contributed by atoms with E-state index in [2.05, 4.69) is 0 Å². The molecule has 0 bridgehead atoms. The monoisotopic (exact) mass is 360 g/mol. The Kier molecular flexibility index (Phi) is 14.1. The third kappa shape index (κ3) is 18.1. The van der Waals surface area contributed by atoms with Crippen LogP contribution < -0.4 is 0 Å². The predicted molar refractivity (Wildman–Crippen MR) is 88.0 cm³/mol. The van der Waals surface area contributed by atoms with Gasteiger partial charge in [-0.15, -0.1) is 0 Å². The van der Waals surface area contributed by atoms with Gasteiger partial charge in [-0.05, 0) is 25.7 Å². The van der Waals surface area contributed by atoms with E-state index in [1.165, 1.54) is 0 Å². The van der Waals surface area contributed by atoms with Crippen LogP contribution in [0.5, 0.6) is 0 Å². The highest BCUT2D eigenvalue weighted by molar-refractivity contribution is 5.71. The summed E-state index contributed by atoms with van der Waals surface area (Å²) in [6, 6.07) is 0. The summed E-state index contributed by atoms with van der Waals surface area (Å²) in [7, 11) is 0. The molecule has 0 amide bonds. The topological polar surface area (TPSA) is 127 Å². The molecule has 8 nitrogen and oxygen atoms in total. The Morgan fingerprint density at radius 3 is 1.44 bits per heavy atom. The Hall–Kier alpha value is -2.12. The van der Waals surface area contributed by atoms with Crippen molar-refractivity contribution in [3.63, 3.8) is 0 Å². The van der Waals surface area contributed by atoms with Crippen molar-refractivity contribution >= 4 is 23.9 Å². The average molecular weight is 360 g/mol. The minimum Gasteiger partial charge on any atom is -0.481 e. The molecule has 0 aromatic rings. The number of carbonyl (C=O) groups is 4. The minimum atomic E-state index is -0.759. The molecule has 144 valence electrons. The Balaban J connectivity index is 0.000000462. The number of cyclic esters (lactones) is 2. The van der Waals surface area contributed by atoms with Crippen LogP contribution in [-0.2, 0) is 28.7 Å². The first-order chi connectivity index (χ1) is 11.9. The molecule has 0 aromatic heterocycles. The third-order valence-electron chi connectivity index (χ3n) is 3.40. The zero-order valence-corrected chi connectivity index (χ0v) is 14.5. The SMILES string of the molecule is O=C(O)CCCCCCCC(=O)O.O=C1CCCCC(=O)OCCO1. The molecule has 0 spiro atoms. The molecule has 0 unspecified atom stereocenters. The first-order valence-electron chi connectivity index (χ1n) is 8.66. The Labute approximate surface area is 147 Å². The van der Waals surface area contributed by atoms with E-state index in [-0.39, 0.29) is 38.0 Å². The van der Waals surface area contributed by atoms with Gasteiger partial charge in [-0.1, -0.05) is 19.3 Å². The maximum atomic E-state index is 10.8. The van der Waals surface area contributed by atoms with Crippen molar-refractivity contribution in [1.29, 1.82) is 0 Å². The van der Waals surface area contributed by atoms with E-state index in [1.54, 1.807) is 0 Å². The molecule has 0 aromatic carbocycles. The van der Waals surface area contributed by atoms with Crippen molar-refractivity contribution in [1.82, 2.24) is 0 Å². The molecule has 8 heteroatoms. The van der Waals surface area contributed by atoms with E-state index >= 15 is 0 Å².